The summed E-state index contributed by atoms with van der Waals surface area (Å²) >= 11 is 1.67. The summed E-state index contributed by atoms with van der Waals surface area (Å²) in [6.45, 7) is 12.6. The SMILES string of the molecule is Cc1cc(C)n(-c2cncc(NC(C)c3nc(C(C)(C)C)cs3)n2)n1. The number of rotatable bonds is 4. The maximum atomic E-state index is 4.77. The van der Waals surface area contributed by atoms with Gasteiger partial charge in [0.05, 0.1) is 29.8 Å². The van der Waals surface area contributed by atoms with Crippen molar-refractivity contribution in [1.82, 2.24) is 24.7 Å². The highest BCUT2D eigenvalue weighted by Crippen LogP contribution is 2.28. The van der Waals surface area contributed by atoms with Gasteiger partial charge in [-0.15, -0.1) is 11.3 Å². The molecule has 1 N–H and O–H groups in total. The topological polar surface area (TPSA) is 68.5 Å². The summed E-state index contributed by atoms with van der Waals surface area (Å²) in [5.74, 6) is 1.42. The normalized spacial score (nSPS) is 13.0. The van der Waals surface area contributed by atoms with Crippen LogP contribution in [0.3, 0.4) is 0 Å². The van der Waals surface area contributed by atoms with Crippen LogP contribution in [-0.4, -0.2) is 24.7 Å². The molecule has 0 fully saturated rings. The fraction of sp³-hybridized carbons (Fsp3) is 0.444. The van der Waals surface area contributed by atoms with Gasteiger partial charge in [-0.05, 0) is 26.8 Å². The predicted molar refractivity (Wildman–Crippen MR) is 101 cm³/mol. The molecule has 0 amide bonds. The van der Waals surface area contributed by atoms with E-state index in [0.717, 1.165) is 22.1 Å². The highest BCUT2D eigenvalue weighted by molar-refractivity contribution is 7.09. The minimum atomic E-state index is 0.0592. The minimum absolute atomic E-state index is 0.0592. The second kappa shape index (κ2) is 6.55. The number of thiazole rings is 1. The maximum Gasteiger partial charge on any atom is 0.174 e. The van der Waals surface area contributed by atoms with Crippen molar-refractivity contribution < 1.29 is 0 Å². The van der Waals surface area contributed by atoms with Crippen molar-refractivity contribution in [1.29, 1.82) is 0 Å². The van der Waals surface area contributed by atoms with Crippen molar-refractivity contribution in [3.8, 4) is 5.82 Å². The van der Waals surface area contributed by atoms with Crippen molar-refractivity contribution in [2.45, 2.75) is 53.0 Å². The fourth-order valence-electron chi connectivity index (χ4n) is 2.50. The van der Waals surface area contributed by atoms with E-state index in [1.54, 1.807) is 28.4 Å². The molecule has 1 atom stereocenters. The summed E-state index contributed by atoms with van der Waals surface area (Å²) in [5, 5.41) is 11.0. The molecule has 0 saturated carbocycles. The van der Waals surface area contributed by atoms with Gasteiger partial charge in [0, 0.05) is 16.5 Å². The van der Waals surface area contributed by atoms with Gasteiger partial charge in [0.15, 0.2) is 5.82 Å². The Labute approximate surface area is 152 Å². The fourth-order valence-corrected chi connectivity index (χ4v) is 3.56. The molecule has 6 nitrogen and oxygen atoms in total. The van der Waals surface area contributed by atoms with Crippen molar-refractivity contribution in [2.75, 3.05) is 5.32 Å². The molecule has 0 bridgehead atoms. The molecular formula is C18H24N6S. The van der Waals surface area contributed by atoms with Crippen LogP contribution in [-0.2, 0) is 5.41 Å². The smallest absolute Gasteiger partial charge is 0.174 e. The van der Waals surface area contributed by atoms with Gasteiger partial charge in [-0.1, -0.05) is 20.8 Å². The largest absolute Gasteiger partial charge is 0.360 e. The Hall–Kier alpha value is -2.28. The van der Waals surface area contributed by atoms with Gasteiger partial charge < -0.3 is 5.32 Å². The quantitative estimate of drug-likeness (QED) is 0.758. The molecular weight excluding hydrogens is 332 g/mol. The van der Waals surface area contributed by atoms with Crippen LogP contribution in [0.25, 0.3) is 5.82 Å². The van der Waals surface area contributed by atoms with Crippen molar-refractivity contribution in [3.05, 3.63) is 45.9 Å². The minimum Gasteiger partial charge on any atom is -0.360 e. The zero-order valence-electron chi connectivity index (χ0n) is 15.5. The molecule has 1 unspecified atom stereocenters. The lowest BCUT2D eigenvalue weighted by molar-refractivity contribution is 0.569. The van der Waals surface area contributed by atoms with Crippen LogP contribution in [0.1, 0.15) is 55.8 Å². The highest BCUT2D eigenvalue weighted by atomic mass is 32.1. The summed E-state index contributed by atoms with van der Waals surface area (Å²) in [6, 6.07) is 2.08. The van der Waals surface area contributed by atoms with E-state index in [0.29, 0.717) is 11.6 Å². The Morgan fingerprint density at radius 2 is 1.92 bits per heavy atom. The zero-order valence-corrected chi connectivity index (χ0v) is 16.3. The molecule has 132 valence electrons. The third kappa shape index (κ3) is 3.87. The molecule has 0 saturated heterocycles. The lowest BCUT2D eigenvalue weighted by atomic mass is 9.93. The third-order valence-electron chi connectivity index (χ3n) is 3.87. The zero-order chi connectivity index (χ0) is 18.2. The highest BCUT2D eigenvalue weighted by Gasteiger charge is 2.19. The first-order valence-corrected chi connectivity index (χ1v) is 9.20. The Kier molecular flexibility index (Phi) is 4.60. The predicted octanol–water partition coefficient (Wildman–Crippen LogP) is 4.21. The number of hydrogen-bond acceptors (Lipinski definition) is 6. The average molecular weight is 356 g/mol. The van der Waals surface area contributed by atoms with Gasteiger partial charge in [-0.25, -0.2) is 14.6 Å². The summed E-state index contributed by atoms with van der Waals surface area (Å²) in [6.07, 6.45) is 3.44. The molecule has 3 heterocycles. The Morgan fingerprint density at radius 1 is 1.16 bits per heavy atom. The molecule has 3 aromatic rings. The van der Waals surface area contributed by atoms with E-state index in [1.807, 2.05) is 19.9 Å². The molecule has 0 aliphatic heterocycles. The van der Waals surface area contributed by atoms with Crippen molar-refractivity contribution in [2.24, 2.45) is 0 Å². The van der Waals surface area contributed by atoms with Crippen molar-refractivity contribution >= 4 is 17.2 Å². The van der Waals surface area contributed by atoms with E-state index in [4.69, 9.17) is 4.98 Å². The van der Waals surface area contributed by atoms with Gasteiger partial charge in [0.1, 0.15) is 10.8 Å². The number of hydrogen-bond donors (Lipinski definition) is 1. The first kappa shape index (κ1) is 17.5. The third-order valence-corrected chi connectivity index (χ3v) is 4.90. The standard InChI is InChI=1S/C18H24N6S/c1-11-7-12(2)24(23-11)16-9-19-8-15(22-16)20-13(3)17-21-14(10-25-17)18(4,5)6/h7-10,13H,1-6H3,(H,20,22). The molecule has 0 spiro atoms. The van der Waals surface area contributed by atoms with Crippen LogP contribution >= 0.6 is 11.3 Å². The number of aryl methyl sites for hydroxylation is 2. The molecule has 7 heteroatoms. The van der Waals surface area contributed by atoms with Gasteiger partial charge in [-0.3, -0.25) is 4.98 Å². The lowest BCUT2D eigenvalue weighted by Crippen LogP contribution is -2.13. The first-order chi connectivity index (χ1) is 11.7. The summed E-state index contributed by atoms with van der Waals surface area (Å²) < 4.78 is 1.80. The summed E-state index contributed by atoms with van der Waals surface area (Å²) in [7, 11) is 0. The van der Waals surface area contributed by atoms with Gasteiger partial charge in [-0.2, -0.15) is 5.10 Å². The molecule has 3 rings (SSSR count). The van der Waals surface area contributed by atoms with Crippen LogP contribution in [0.15, 0.2) is 23.8 Å². The van der Waals surface area contributed by atoms with E-state index >= 15 is 0 Å². The molecule has 0 aromatic carbocycles. The first-order valence-electron chi connectivity index (χ1n) is 8.32. The summed E-state index contributed by atoms with van der Waals surface area (Å²) in [5.41, 5.74) is 3.17. The maximum absolute atomic E-state index is 4.77. The average Bonchev–Trinajstić information content (AvgIpc) is 3.14. The Bertz CT molecular complexity index is 874. The van der Waals surface area contributed by atoms with Gasteiger partial charge >= 0.3 is 0 Å². The molecule has 3 aromatic heterocycles. The van der Waals surface area contributed by atoms with Crippen LogP contribution in [0.4, 0.5) is 5.82 Å². The van der Waals surface area contributed by atoms with E-state index < -0.39 is 0 Å². The molecule has 0 aliphatic rings. The van der Waals surface area contributed by atoms with Gasteiger partial charge in [0.2, 0.25) is 0 Å². The molecule has 0 aliphatic carbocycles. The number of anilines is 1. The van der Waals surface area contributed by atoms with Crippen molar-refractivity contribution in [3.63, 3.8) is 0 Å². The number of nitrogens with zero attached hydrogens (tertiary/aromatic N) is 5. The summed E-state index contributed by atoms with van der Waals surface area (Å²) in [4.78, 5) is 13.7. The molecule has 0 radical (unpaired) electrons. The second-order valence-corrected chi connectivity index (χ2v) is 8.18. The van der Waals surface area contributed by atoms with E-state index in [2.05, 4.69) is 53.5 Å². The number of nitrogens with one attached hydrogen (secondary N) is 1. The van der Waals surface area contributed by atoms with Crippen LogP contribution in [0.5, 0.6) is 0 Å². The Morgan fingerprint density at radius 3 is 2.52 bits per heavy atom. The van der Waals surface area contributed by atoms with E-state index in [-0.39, 0.29) is 11.5 Å². The monoisotopic (exact) mass is 356 g/mol. The van der Waals surface area contributed by atoms with Crippen LogP contribution in [0, 0.1) is 13.8 Å². The van der Waals surface area contributed by atoms with Crippen LogP contribution < -0.4 is 5.32 Å². The van der Waals surface area contributed by atoms with Crippen LogP contribution in [0.2, 0.25) is 0 Å². The number of aromatic nitrogens is 5. The van der Waals surface area contributed by atoms with E-state index in [1.165, 1.54) is 0 Å². The van der Waals surface area contributed by atoms with Gasteiger partial charge in [0.25, 0.3) is 0 Å². The molecule has 25 heavy (non-hydrogen) atoms. The Balaban J connectivity index is 1.80. The second-order valence-electron chi connectivity index (χ2n) is 7.29. The van der Waals surface area contributed by atoms with E-state index in [9.17, 15) is 0 Å². The lowest BCUT2D eigenvalue weighted by Gasteiger charge is -2.15.